The molecule has 0 N–H and O–H groups in total. The lowest BCUT2D eigenvalue weighted by Gasteiger charge is -2.19. The van der Waals surface area contributed by atoms with E-state index < -0.39 is 0 Å². The summed E-state index contributed by atoms with van der Waals surface area (Å²) in [7, 11) is 0. The first-order valence-electron chi connectivity index (χ1n) is 5.53. The lowest BCUT2D eigenvalue weighted by atomic mass is 10.0. The van der Waals surface area contributed by atoms with Crippen LogP contribution in [0.4, 0.5) is 0 Å². The van der Waals surface area contributed by atoms with Gasteiger partial charge in [-0.1, -0.05) is 27.7 Å². The van der Waals surface area contributed by atoms with Crippen molar-refractivity contribution < 1.29 is 0 Å². The van der Waals surface area contributed by atoms with Gasteiger partial charge in [-0.3, -0.25) is 4.57 Å². The van der Waals surface area contributed by atoms with E-state index in [0.717, 1.165) is 12.2 Å². The molecule has 0 fully saturated rings. The van der Waals surface area contributed by atoms with E-state index in [1.807, 2.05) is 4.57 Å². The Kier molecular flexibility index (Phi) is 4.14. The Balaban J connectivity index is 2.95. The van der Waals surface area contributed by atoms with Crippen molar-refractivity contribution in [1.29, 1.82) is 0 Å². The lowest BCUT2D eigenvalue weighted by Crippen LogP contribution is -2.12. The predicted molar refractivity (Wildman–Crippen MR) is 63.3 cm³/mol. The van der Waals surface area contributed by atoms with Gasteiger partial charge in [0, 0.05) is 12.0 Å². The van der Waals surface area contributed by atoms with Gasteiger partial charge in [-0.25, -0.2) is 0 Å². The fourth-order valence-electron chi connectivity index (χ4n) is 1.87. The molecule has 3 nitrogen and oxygen atoms in total. The van der Waals surface area contributed by atoms with Crippen molar-refractivity contribution in [2.45, 2.75) is 53.0 Å². The van der Waals surface area contributed by atoms with Gasteiger partial charge >= 0.3 is 0 Å². The summed E-state index contributed by atoms with van der Waals surface area (Å²) in [5.74, 6) is 1.99. The number of rotatable bonds is 4. The summed E-state index contributed by atoms with van der Waals surface area (Å²) < 4.78 is 2.05. The molecule has 15 heavy (non-hydrogen) atoms. The Labute approximate surface area is 96.8 Å². The van der Waals surface area contributed by atoms with Gasteiger partial charge in [0.15, 0.2) is 0 Å². The zero-order chi connectivity index (χ0) is 11.6. The zero-order valence-electron chi connectivity index (χ0n) is 10.2. The first-order valence-corrected chi connectivity index (χ1v) is 5.91. The third kappa shape index (κ3) is 2.94. The second-order valence-corrected chi connectivity index (χ2v) is 5.17. The molecule has 0 amide bonds. The molecule has 1 aromatic rings. The summed E-state index contributed by atoms with van der Waals surface area (Å²) in [4.78, 5) is 0. The first kappa shape index (κ1) is 12.5. The van der Waals surface area contributed by atoms with Crippen LogP contribution < -0.4 is 0 Å². The zero-order valence-corrected chi connectivity index (χ0v) is 10.9. The van der Waals surface area contributed by atoms with Gasteiger partial charge in [0.2, 0.25) is 5.28 Å². The summed E-state index contributed by atoms with van der Waals surface area (Å²) >= 11 is 6.06. The molecular weight excluding hydrogens is 210 g/mol. The maximum Gasteiger partial charge on any atom is 0.225 e. The minimum Gasteiger partial charge on any atom is -0.299 e. The molecule has 1 rings (SSSR count). The van der Waals surface area contributed by atoms with Crippen molar-refractivity contribution in [3.63, 3.8) is 0 Å². The number of aromatic nitrogens is 3. The van der Waals surface area contributed by atoms with Crippen molar-refractivity contribution in [3.05, 3.63) is 11.1 Å². The van der Waals surface area contributed by atoms with E-state index >= 15 is 0 Å². The minimum atomic E-state index is 0.361. The SMILES string of the molecule is CC(C)CC(C)n1c(Cl)nnc1C(C)C. The number of hydrogen-bond donors (Lipinski definition) is 0. The molecule has 0 aliphatic rings. The fraction of sp³-hybridized carbons (Fsp3) is 0.818. The van der Waals surface area contributed by atoms with Crippen LogP contribution in [0.5, 0.6) is 0 Å². The van der Waals surface area contributed by atoms with E-state index in [4.69, 9.17) is 11.6 Å². The molecule has 1 heterocycles. The van der Waals surface area contributed by atoms with Crippen molar-refractivity contribution in [1.82, 2.24) is 14.8 Å². The third-order valence-electron chi connectivity index (χ3n) is 2.45. The van der Waals surface area contributed by atoms with E-state index in [0.29, 0.717) is 23.2 Å². The number of hydrogen-bond acceptors (Lipinski definition) is 2. The third-order valence-corrected chi connectivity index (χ3v) is 2.71. The summed E-state index contributed by atoms with van der Waals surface area (Å²) in [5.41, 5.74) is 0. The highest BCUT2D eigenvalue weighted by Crippen LogP contribution is 2.25. The summed E-state index contributed by atoms with van der Waals surface area (Å²) in [6.45, 7) is 10.8. The molecule has 0 saturated heterocycles. The number of nitrogens with zero attached hydrogens (tertiary/aromatic N) is 3. The summed E-state index contributed by atoms with van der Waals surface area (Å²) in [6.07, 6.45) is 1.09. The van der Waals surface area contributed by atoms with Crippen molar-refractivity contribution in [2.24, 2.45) is 5.92 Å². The van der Waals surface area contributed by atoms with Crippen LogP contribution in [-0.4, -0.2) is 14.8 Å². The van der Waals surface area contributed by atoms with Crippen LogP contribution in [0.3, 0.4) is 0 Å². The average molecular weight is 230 g/mol. The summed E-state index contributed by atoms with van der Waals surface area (Å²) in [6, 6.07) is 0.366. The van der Waals surface area contributed by atoms with E-state index in [1.165, 1.54) is 0 Å². The molecular formula is C11H20ClN3. The van der Waals surface area contributed by atoms with E-state index in [2.05, 4.69) is 44.8 Å². The van der Waals surface area contributed by atoms with Gasteiger partial charge in [-0.2, -0.15) is 0 Å². The van der Waals surface area contributed by atoms with E-state index in [-0.39, 0.29) is 0 Å². The molecule has 1 unspecified atom stereocenters. The first-order chi connectivity index (χ1) is 6.93. The smallest absolute Gasteiger partial charge is 0.225 e. The van der Waals surface area contributed by atoms with Gasteiger partial charge in [0.25, 0.3) is 0 Å². The van der Waals surface area contributed by atoms with Gasteiger partial charge in [0.05, 0.1) is 0 Å². The van der Waals surface area contributed by atoms with Crippen LogP contribution in [-0.2, 0) is 0 Å². The van der Waals surface area contributed by atoms with E-state index in [9.17, 15) is 0 Å². The van der Waals surface area contributed by atoms with Crippen LogP contribution in [0.2, 0.25) is 5.28 Å². The monoisotopic (exact) mass is 229 g/mol. The Hall–Kier alpha value is -0.570. The topological polar surface area (TPSA) is 30.7 Å². The molecule has 0 radical (unpaired) electrons. The Morgan fingerprint density at radius 3 is 2.20 bits per heavy atom. The van der Waals surface area contributed by atoms with Gasteiger partial charge < -0.3 is 0 Å². The Morgan fingerprint density at radius 1 is 1.13 bits per heavy atom. The van der Waals surface area contributed by atoms with Crippen LogP contribution in [0.15, 0.2) is 0 Å². The molecule has 0 spiro atoms. The minimum absolute atomic E-state index is 0.361. The van der Waals surface area contributed by atoms with Crippen LogP contribution >= 0.6 is 11.6 Å². The van der Waals surface area contributed by atoms with E-state index in [1.54, 1.807) is 0 Å². The fourth-order valence-corrected chi connectivity index (χ4v) is 2.16. The molecule has 0 aromatic carbocycles. The van der Waals surface area contributed by atoms with Crippen molar-refractivity contribution in [3.8, 4) is 0 Å². The van der Waals surface area contributed by atoms with Gasteiger partial charge in [-0.05, 0) is 30.9 Å². The predicted octanol–water partition coefficient (Wildman–Crippen LogP) is 3.66. The Morgan fingerprint density at radius 2 is 1.73 bits per heavy atom. The highest BCUT2D eigenvalue weighted by molar-refractivity contribution is 6.28. The quantitative estimate of drug-likeness (QED) is 0.789. The van der Waals surface area contributed by atoms with Crippen LogP contribution in [0, 0.1) is 5.92 Å². The largest absolute Gasteiger partial charge is 0.299 e. The summed E-state index contributed by atoms with van der Waals surface area (Å²) in [5, 5.41) is 8.58. The molecule has 4 heteroatoms. The lowest BCUT2D eigenvalue weighted by molar-refractivity contribution is 0.413. The maximum absolute atomic E-state index is 6.06. The molecule has 1 atom stereocenters. The standard InChI is InChI=1S/C11H20ClN3/c1-7(2)6-9(5)15-10(8(3)4)13-14-11(15)12/h7-9H,6H2,1-5H3. The molecule has 0 aliphatic carbocycles. The molecule has 0 aliphatic heterocycles. The Bertz CT molecular complexity index is 318. The van der Waals surface area contributed by atoms with Gasteiger partial charge in [0.1, 0.15) is 5.82 Å². The molecule has 0 saturated carbocycles. The second kappa shape index (κ2) is 4.97. The molecule has 1 aromatic heterocycles. The second-order valence-electron chi connectivity index (χ2n) is 4.83. The van der Waals surface area contributed by atoms with Crippen molar-refractivity contribution >= 4 is 11.6 Å². The van der Waals surface area contributed by atoms with Gasteiger partial charge in [-0.15, -0.1) is 10.2 Å². The molecule has 0 bridgehead atoms. The highest BCUT2D eigenvalue weighted by atomic mass is 35.5. The molecule has 86 valence electrons. The van der Waals surface area contributed by atoms with Crippen molar-refractivity contribution in [2.75, 3.05) is 0 Å². The maximum atomic E-state index is 6.06. The average Bonchev–Trinajstić information content (AvgIpc) is 2.45. The normalized spacial score (nSPS) is 13.9. The van der Waals surface area contributed by atoms with Crippen LogP contribution in [0.1, 0.15) is 58.8 Å². The van der Waals surface area contributed by atoms with Crippen LogP contribution in [0.25, 0.3) is 0 Å². The number of halogens is 1. The highest BCUT2D eigenvalue weighted by Gasteiger charge is 2.18.